The zero-order valence-corrected chi connectivity index (χ0v) is 18.6. The van der Waals surface area contributed by atoms with Gasteiger partial charge in [0, 0.05) is 26.1 Å². The van der Waals surface area contributed by atoms with Crippen molar-refractivity contribution in [2.75, 3.05) is 19.6 Å². The summed E-state index contributed by atoms with van der Waals surface area (Å²) >= 11 is 0. The lowest BCUT2D eigenvalue weighted by Crippen LogP contribution is -2.42. The molecule has 0 radical (unpaired) electrons. The zero-order chi connectivity index (χ0) is 21.3. The first kappa shape index (κ1) is 24.4. The van der Waals surface area contributed by atoms with Crippen LogP contribution in [-0.2, 0) is 4.74 Å². The standard InChI is InChI=1S/C22H43N3O4/c1-22(2,3)29-21(28)24-14-12-19(26)23-13-11-20(27)25-15-17-9-6-8-16-7-4-5-10-18(16)17/h16-20,23,25-27H,4-15H2,1-3H3,(H,24,28). The lowest BCUT2D eigenvalue weighted by molar-refractivity contribution is 0.0510. The van der Waals surface area contributed by atoms with E-state index in [9.17, 15) is 15.0 Å². The van der Waals surface area contributed by atoms with Gasteiger partial charge in [0.2, 0.25) is 0 Å². The predicted molar refractivity (Wildman–Crippen MR) is 114 cm³/mol. The summed E-state index contributed by atoms with van der Waals surface area (Å²) in [5, 5.41) is 29.1. The summed E-state index contributed by atoms with van der Waals surface area (Å²) in [6.45, 7) is 7.16. The second-order valence-electron chi connectivity index (χ2n) is 9.80. The highest BCUT2D eigenvalue weighted by Crippen LogP contribution is 2.43. The number of carbonyl (C=O) groups is 1. The Labute approximate surface area is 176 Å². The number of rotatable bonds is 10. The van der Waals surface area contributed by atoms with Gasteiger partial charge in [0.05, 0.1) is 0 Å². The van der Waals surface area contributed by atoms with Crippen molar-refractivity contribution in [2.45, 2.75) is 96.6 Å². The summed E-state index contributed by atoms with van der Waals surface area (Å²) in [6, 6.07) is 0. The molecular formula is C22H43N3O4. The van der Waals surface area contributed by atoms with Gasteiger partial charge >= 0.3 is 6.09 Å². The van der Waals surface area contributed by atoms with Crippen LogP contribution in [0.1, 0.15) is 78.6 Å². The minimum atomic E-state index is -0.724. The highest BCUT2D eigenvalue weighted by atomic mass is 16.6. The van der Waals surface area contributed by atoms with Crippen molar-refractivity contribution in [3.05, 3.63) is 0 Å². The molecule has 0 spiro atoms. The molecule has 2 aliphatic carbocycles. The van der Waals surface area contributed by atoms with Crippen LogP contribution in [0.3, 0.4) is 0 Å². The Morgan fingerprint density at radius 1 is 0.966 bits per heavy atom. The maximum atomic E-state index is 11.6. The number of aliphatic hydroxyl groups excluding tert-OH is 2. The average Bonchev–Trinajstić information content (AvgIpc) is 2.65. The molecule has 0 saturated heterocycles. The molecule has 0 aromatic heterocycles. The molecule has 5 N–H and O–H groups in total. The number of amides is 1. The Balaban J connectivity index is 1.52. The first-order chi connectivity index (χ1) is 13.7. The van der Waals surface area contributed by atoms with E-state index in [0.29, 0.717) is 31.8 Å². The van der Waals surface area contributed by atoms with E-state index in [1.807, 2.05) is 20.8 Å². The molecule has 2 fully saturated rings. The van der Waals surface area contributed by atoms with E-state index >= 15 is 0 Å². The van der Waals surface area contributed by atoms with Gasteiger partial charge in [0.15, 0.2) is 0 Å². The number of aliphatic hydroxyl groups is 2. The van der Waals surface area contributed by atoms with Gasteiger partial charge in [0.25, 0.3) is 0 Å². The van der Waals surface area contributed by atoms with Crippen LogP contribution in [0, 0.1) is 17.8 Å². The van der Waals surface area contributed by atoms with Crippen LogP contribution in [0.2, 0.25) is 0 Å². The molecule has 170 valence electrons. The summed E-state index contributed by atoms with van der Waals surface area (Å²) in [5.74, 6) is 2.45. The van der Waals surface area contributed by atoms with Crippen molar-refractivity contribution < 1.29 is 19.7 Å². The predicted octanol–water partition coefficient (Wildman–Crippen LogP) is 2.71. The SMILES string of the molecule is CC(C)(C)OC(=O)NCCC(O)NCCC(O)NCC1CCCC2CCCCC21. The van der Waals surface area contributed by atoms with Crippen molar-refractivity contribution in [1.82, 2.24) is 16.0 Å². The van der Waals surface area contributed by atoms with Crippen LogP contribution in [-0.4, -0.2) is 54.0 Å². The molecule has 2 saturated carbocycles. The third-order valence-corrected chi connectivity index (χ3v) is 6.22. The Morgan fingerprint density at radius 3 is 2.38 bits per heavy atom. The van der Waals surface area contributed by atoms with Gasteiger partial charge in [-0.05, 0) is 57.8 Å². The summed E-state index contributed by atoms with van der Waals surface area (Å²) in [6.07, 6.45) is 8.68. The molecule has 2 aliphatic rings. The van der Waals surface area contributed by atoms with Crippen LogP contribution in [0.25, 0.3) is 0 Å². The summed E-state index contributed by atoms with van der Waals surface area (Å²) < 4.78 is 5.15. The Bertz CT molecular complexity index is 481. The normalized spacial score (nSPS) is 27.0. The second kappa shape index (κ2) is 12.1. The lowest BCUT2D eigenvalue weighted by atomic mass is 9.65. The Hall–Kier alpha value is -0.890. The molecule has 7 heteroatoms. The number of carbonyl (C=O) groups excluding carboxylic acids is 1. The van der Waals surface area contributed by atoms with E-state index in [0.717, 1.165) is 18.4 Å². The zero-order valence-electron chi connectivity index (χ0n) is 18.6. The van der Waals surface area contributed by atoms with E-state index in [4.69, 9.17) is 4.74 Å². The average molecular weight is 414 g/mol. The molecule has 7 nitrogen and oxygen atoms in total. The largest absolute Gasteiger partial charge is 0.444 e. The van der Waals surface area contributed by atoms with E-state index in [1.165, 1.54) is 44.9 Å². The fourth-order valence-corrected chi connectivity index (χ4v) is 4.83. The van der Waals surface area contributed by atoms with Crippen LogP contribution >= 0.6 is 0 Å². The molecule has 1 amide bonds. The maximum absolute atomic E-state index is 11.6. The number of ether oxygens (including phenoxy) is 1. The summed E-state index contributed by atoms with van der Waals surface area (Å²) in [7, 11) is 0. The fraction of sp³-hybridized carbons (Fsp3) is 0.955. The van der Waals surface area contributed by atoms with Gasteiger partial charge in [-0.3, -0.25) is 10.6 Å². The Morgan fingerprint density at radius 2 is 1.62 bits per heavy atom. The number of fused-ring (bicyclic) bond motifs is 1. The number of hydrogen-bond acceptors (Lipinski definition) is 6. The Kier molecular flexibility index (Phi) is 10.2. The number of alkyl carbamates (subject to hydrolysis) is 1. The number of hydrogen-bond donors (Lipinski definition) is 5. The molecule has 0 bridgehead atoms. The highest BCUT2D eigenvalue weighted by Gasteiger charge is 2.34. The van der Waals surface area contributed by atoms with Gasteiger partial charge in [0.1, 0.15) is 18.1 Å². The van der Waals surface area contributed by atoms with Crippen molar-refractivity contribution >= 4 is 6.09 Å². The van der Waals surface area contributed by atoms with Crippen molar-refractivity contribution in [3.63, 3.8) is 0 Å². The summed E-state index contributed by atoms with van der Waals surface area (Å²) in [5.41, 5.74) is -0.528. The van der Waals surface area contributed by atoms with Crippen molar-refractivity contribution in [2.24, 2.45) is 17.8 Å². The molecular weight excluding hydrogens is 370 g/mol. The van der Waals surface area contributed by atoms with Crippen LogP contribution in [0.5, 0.6) is 0 Å². The maximum Gasteiger partial charge on any atom is 0.407 e. The minimum Gasteiger partial charge on any atom is -0.444 e. The van der Waals surface area contributed by atoms with E-state index in [-0.39, 0.29) is 0 Å². The first-order valence-corrected chi connectivity index (χ1v) is 11.5. The van der Waals surface area contributed by atoms with Crippen molar-refractivity contribution in [1.29, 1.82) is 0 Å². The van der Waals surface area contributed by atoms with Crippen LogP contribution in [0.15, 0.2) is 0 Å². The van der Waals surface area contributed by atoms with E-state index < -0.39 is 24.2 Å². The van der Waals surface area contributed by atoms with Crippen molar-refractivity contribution in [3.8, 4) is 0 Å². The van der Waals surface area contributed by atoms with E-state index in [2.05, 4.69) is 16.0 Å². The molecule has 5 unspecified atom stereocenters. The molecule has 29 heavy (non-hydrogen) atoms. The van der Waals surface area contributed by atoms with Crippen LogP contribution < -0.4 is 16.0 Å². The topological polar surface area (TPSA) is 103 Å². The molecule has 5 atom stereocenters. The van der Waals surface area contributed by atoms with E-state index in [1.54, 1.807) is 0 Å². The monoisotopic (exact) mass is 413 g/mol. The highest BCUT2D eigenvalue weighted by molar-refractivity contribution is 5.67. The number of nitrogens with one attached hydrogen (secondary N) is 3. The molecule has 0 aliphatic heterocycles. The first-order valence-electron chi connectivity index (χ1n) is 11.5. The van der Waals surface area contributed by atoms with Gasteiger partial charge < -0.3 is 20.3 Å². The van der Waals surface area contributed by atoms with Gasteiger partial charge in [-0.2, -0.15) is 0 Å². The fourth-order valence-electron chi connectivity index (χ4n) is 4.83. The molecule has 2 rings (SSSR count). The second-order valence-corrected chi connectivity index (χ2v) is 9.80. The van der Waals surface area contributed by atoms with Gasteiger partial charge in [-0.1, -0.05) is 32.1 Å². The quantitative estimate of drug-likeness (QED) is 0.353. The minimum absolute atomic E-state index is 0.327. The molecule has 0 heterocycles. The molecule has 0 aromatic rings. The summed E-state index contributed by atoms with van der Waals surface area (Å²) in [4.78, 5) is 11.6. The lowest BCUT2D eigenvalue weighted by Gasteiger charge is -2.41. The molecule has 0 aromatic carbocycles. The third-order valence-electron chi connectivity index (χ3n) is 6.22. The van der Waals surface area contributed by atoms with Gasteiger partial charge in [-0.15, -0.1) is 0 Å². The van der Waals surface area contributed by atoms with Gasteiger partial charge in [-0.25, -0.2) is 4.79 Å². The third kappa shape index (κ3) is 9.64. The van der Waals surface area contributed by atoms with Crippen LogP contribution in [0.4, 0.5) is 4.79 Å². The smallest absolute Gasteiger partial charge is 0.407 e.